The Morgan fingerprint density at radius 3 is 2.55 bits per heavy atom. The van der Waals surface area contributed by atoms with Crippen molar-refractivity contribution in [3.8, 4) is 0 Å². The fraction of sp³-hybridized carbons (Fsp3) is 0.318. The van der Waals surface area contributed by atoms with Gasteiger partial charge >= 0.3 is 6.03 Å². The lowest BCUT2D eigenvalue weighted by Gasteiger charge is -2.34. The molecular weight excluding hydrogens is 368 g/mol. The monoisotopic (exact) mass is 392 g/mol. The van der Waals surface area contributed by atoms with Crippen molar-refractivity contribution in [2.45, 2.75) is 17.9 Å². The second-order valence-corrected chi connectivity index (χ2v) is 7.67. The van der Waals surface area contributed by atoms with Gasteiger partial charge < -0.3 is 20.4 Å². The molecule has 2 aromatic rings. The van der Waals surface area contributed by atoms with Gasteiger partial charge in [-0.3, -0.25) is 9.59 Å². The molecule has 150 valence electrons. The van der Waals surface area contributed by atoms with Crippen molar-refractivity contribution >= 4 is 23.5 Å². The van der Waals surface area contributed by atoms with Gasteiger partial charge in [-0.05, 0) is 23.6 Å². The molecule has 2 aromatic carbocycles. The highest BCUT2D eigenvalue weighted by molar-refractivity contribution is 6.07. The number of carbonyl (C=O) groups is 3. The Morgan fingerprint density at radius 2 is 1.83 bits per heavy atom. The van der Waals surface area contributed by atoms with Crippen LogP contribution in [0.5, 0.6) is 0 Å². The number of urea groups is 1. The first-order chi connectivity index (χ1) is 13.9. The van der Waals surface area contributed by atoms with E-state index >= 15 is 0 Å². The molecule has 0 bridgehead atoms. The Hall–Kier alpha value is -3.35. The molecule has 2 aliphatic rings. The van der Waals surface area contributed by atoms with Gasteiger partial charge in [0.05, 0.1) is 12.6 Å². The molecule has 1 fully saturated rings. The highest BCUT2D eigenvalue weighted by atomic mass is 16.2. The maximum Gasteiger partial charge on any atom is 0.317 e. The summed E-state index contributed by atoms with van der Waals surface area (Å²) >= 11 is 0. The lowest BCUT2D eigenvalue weighted by atomic mass is 9.72. The van der Waals surface area contributed by atoms with Crippen LogP contribution in [0.15, 0.2) is 54.6 Å². The van der Waals surface area contributed by atoms with Crippen molar-refractivity contribution in [2.75, 3.05) is 32.5 Å². The topological polar surface area (TPSA) is 81.8 Å². The van der Waals surface area contributed by atoms with Crippen LogP contribution in [0, 0.1) is 0 Å². The average molecular weight is 392 g/mol. The summed E-state index contributed by atoms with van der Waals surface area (Å²) in [6.07, 6.45) is 0.531. The van der Waals surface area contributed by atoms with Crippen molar-refractivity contribution < 1.29 is 14.4 Å². The van der Waals surface area contributed by atoms with Crippen LogP contribution in [-0.4, -0.2) is 54.8 Å². The predicted molar refractivity (Wildman–Crippen MR) is 109 cm³/mol. The number of anilines is 1. The van der Waals surface area contributed by atoms with Crippen molar-refractivity contribution in [1.29, 1.82) is 0 Å². The van der Waals surface area contributed by atoms with Crippen molar-refractivity contribution in [2.24, 2.45) is 0 Å². The van der Waals surface area contributed by atoms with Crippen molar-refractivity contribution in [3.63, 3.8) is 0 Å². The number of nitrogens with zero attached hydrogens (tertiary/aromatic N) is 2. The van der Waals surface area contributed by atoms with E-state index in [0.29, 0.717) is 13.0 Å². The Bertz CT molecular complexity index is 960. The Labute approximate surface area is 169 Å². The SMILES string of the molecule is CN(C)C(=O)NCC(=O)N1CCC2(C(=O)Nc3ccccc32)C1c1ccccc1. The number of para-hydroxylation sites is 1. The Balaban J connectivity index is 1.72. The molecule has 4 rings (SSSR count). The molecule has 2 atom stereocenters. The summed E-state index contributed by atoms with van der Waals surface area (Å²) in [5.74, 6) is -0.289. The van der Waals surface area contributed by atoms with Crippen LogP contribution >= 0.6 is 0 Å². The molecular formula is C22H24N4O3. The Morgan fingerprint density at radius 1 is 1.14 bits per heavy atom. The standard InChI is InChI=1S/C22H24N4O3/c1-25(2)21(29)23-14-18(27)26-13-12-22(19(26)15-8-4-3-5-9-15)16-10-6-7-11-17(16)24-20(22)28/h3-11,19H,12-14H2,1-2H3,(H,23,29)(H,24,28). The number of amides is 4. The summed E-state index contributed by atoms with van der Waals surface area (Å²) in [6, 6.07) is 16.6. The predicted octanol–water partition coefficient (Wildman–Crippen LogP) is 2.12. The van der Waals surface area contributed by atoms with Crippen LogP contribution < -0.4 is 10.6 Å². The van der Waals surface area contributed by atoms with Gasteiger partial charge in [-0.25, -0.2) is 4.79 Å². The highest BCUT2D eigenvalue weighted by Gasteiger charge is 2.59. The minimum atomic E-state index is -0.834. The largest absolute Gasteiger partial charge is 0.333 e. The number of nitrogens with one attached hydrogen (secondary N) is 2. The molecule has 7 nitrogen and oxygen atoms in total. The summed E-state index contributed by atoms with van der Waals surface area (Å²) in [5, 5.41) is 5.64. The summed E-state index contributed by atoms with van der Waals surface area (Å²) in [5.41, 5.74) is 1.79. The smallest absolute Gasteiger partial charge is 0.317 e. The average Bonchev–Trinajstić information content (AvgIpc) is 3.26. The van der Waals surface area contributed by atoms with E-state index < -0.39 is 11.5 Å². The molecule has 0 aliphatic carbocycles. The van der Waals surface area contributed by atoms with Gasteiger partial charge in [0.15, 0.2) is 0 Å². The zero-order valence-corrected chi connectivity index (χ0v) is 16.5. The van der Waals surface area contributed by atoms with Crippen molar-refractivity contribution in [3.05, 3.63) is 65.7 Å². The van der Waals surface area contributed by atoms with Crippen LogP contribution in [-0.2, 0) is 15.0 Å². The first-order valence-electron chi connectivity index (χ1n) is 9.65. The third kappa shape index (κ3) is 3.03. The first kappa shape index (κ1) is 19.0. The number of rotatable bonds is 3. The van der Waals surface area contributed by atoms with E-state index in [9.17, 15) is 14.4 Å². The minimum Gasteiger partial charge on any atom is -0.333 e. The lowest BCUT2D eigenvalue weighted by molar-refractivity contribution is -0.132. The van der Waals surface area contributed by atoms with E-state index in [1.807, 2.05) is 54.6 Å². The van der Waals surface area contributed by atoms with E-state index in [0.717, 1.165) is 16.8 Å². The molecule has 2 heterocycles. The fourth-order valence-electron chi connectivity index (χ4n) is 4.46. The molecule has 7 heteroatoms. The molecule has 1 saturated heterocycles. The van der Waals surface area contributed by atoms with E-state index in [-0.39, 0.29) is 24.4 Å². The number of carbonyl (C=O) groups excluding carboxylic acids is 3. The Kier molecular flexibility index (Phi) is 4.74. The van der Waals surface area contributed by atoms with Gasteiger partial charge in [0.1, 0.15) is 5.41 Å². The van der Waals surface area contributed by atoms with Gasteiger partial charge in [0, 0.05) is 26.3 Å². The zero-order valence-electron chi connectivity index (χ0n) is 16.5. The van der Waals surface area contributed by atoms with E-state index in [1.165, 1.54) is 4.90 Å². The third-order valence-electron chi connectivity index (χ3n) is 5.82. The molecule has 1 spiro atoms. The molecule has 0 saturated carbocycles. The number of benzene rings is 2. The van der Waals surface area contributed by atoms with Crippen LogP contribution in [0.2, 0.25) is 0 Å². The van der Waals surface area contributed by atoms with Crippen LogP contribution in [0.1, 0.15) is 23.6 Å². The highest BCUT2D eigenvalue weighted by Crippen LogP contribution is 2.54. The third-order valence-corrected chi connectivity index (χ3v) is 5.82. The molecule has 4 amide bonds. The molecule has 2 aliphatic heterocycles. The quantitative estimate of drug-likeness (QED) is 0.840. The normalized spacial score (nSPS) is 22.3. The van der Waals surface area contributed by atoms with Gasteiger partial charge in [0.25, 0.3) is 0 Å². The van der Waals surface area contributed by atoms with Crippen LogP contribution in [0.3, 0.4) is 0 Å². The molecule has 2 N–H and O–H groups in total. The summed E-state index contributed by atoms with van der Waals surface area (Å²) in [4.78, 5) is 41.3. The number of hydrogen-bond donors (Lipinski definition) is 2. The maximum atomic E-state index is 13.2. The van der Waals surface area contributed by atoms with Gasteiger partial charge in [-0.1, -0.05) is 48.5 Å². The molecule has 2 unspecified atom stereocenters. The van der Waals surface area contributed by atoms with Crippen LogP contribution in [0.4, 0.5) is 10.5 Å². The molecule has 0 radical (unpaired) electrons. The van der Waals surface area contributed by atoms with Gasteiger partial charge in [-0.2, -0.15) is 0 Å². The fourth-order valence-corrected chi connectivity index (χ4v) is 4.46. The summed E-state index contributed by atoms with van der Waals surface area (Å²) in [7, 11) is 3.24. The van der Waals surface area contributed by atoms with Crippen molar-refractivity contribution in [1.82, 2.24) is 15.1 Å². The summed E-state index contributed by atoms with van der Waals surface area (Å²) < 4.78 is 0. The van der Waals surface area contributed by atoms with Gasteiger partial charge in [0.2, 0.25) is 11.8 Å². The van der Waals surface area contributed by atoms with E-state index in [1.54, 1.807) is 19.0 Å². The second-order valence-electron chi connectivity index (χ2n) is 7.67. The minimum absolute atomic E-state index is 0.0832. The van der Waals surface area contributed by atoms with Gasteiger partial charge in [-0.15, -0.1) is 0 Å². The summed E-state index contributed by atoms with van der Waals surface area (Å²) in [6.45, 7) is 0.331. The second kappa shape index (κ2) is 7.24. The number of likely N-dealkylation sites (tertiary alicyclic amines) is 1. The number of fused-ring (bicyclic) bond motifs is 2. The zero-order chi connectivity index (χ0) is 20.6. The van der Waals surface area contributed by atoms with E-state index in [4.69, 9.17) is 0 Å². The molecule has 0 aromatic heterocycles. The molecule has 29 heavy (non-hydrogen) atoms. The first-order valence-corrected chi connectivity index (χ1v) is 9.65. The lowest BCUT2D eigenvalue weighted by Crippen LogP contribution is -2.46. The van der Waals surface area contributed by atoms with Crippen LogP contribution in [0.25, 0.3) is 0 Å². The maximum absolute atomic E-state index is 13.2. The van der Waals surface area contributed by atoms with E-state index in [2.05, 4.69) is 10.6 Å². The number of hydrogen-bond acceptors (Lipinski definition) is 3.